The molecule has 0 fully saturated rings. The molecule has 2 amide bonds. The van der Waals surface area contributed by atoms with Crippen LogP contribution in [0.25, 0.3) is 0 Å². The van der Waals surface area contributed by atoms with E-state index in [-0.39, 0.29) is 18.9 Å². The van der Waals surface area contributed by atoms with E-state index >= 15 is 0 Å². The number of carbonyl (C=O) groups excluding carboxylic acids is 3. The second-order valence-electron chi connectivity index (χ2n) is 6.60. The Hall–Kier alpha value is -3.15. The number of rotatable bonds is 6. The average Bonchev–Trinajstić information content (AvgIpc) is 2.70. The van der Waals surface area contributed by atoms with E-state index in [9.17, 15) is 14.4 Å². The van der Waals surface area contributed by atoms with Crippen LogP contribution in [-0.2, 0) is 24.1 Å². The first-order chi connectivity index (χ1) is 13.0. The molecule has 0 aromatic heterocycles. The fourth-order valence-electron chi connectivity index (χ4n) is 3.15. The van der Waals surface area contributed by atoms with Crippen molar-refractivity contribution in [2.45, 2.75) is 32.2 Å². The zero-order chi connectivity index (χ0) is 19.2. The molecule has 2 aromatic carbocycles. The number of Topliss-reactive ketones (excluding diaryl/α,β-unsaturated/α-hetero) is 1. The van der Waals surface area contributed by atoms with Gasteiger partial charge in [0.05, 0.1) is 5.56 Å². The fourth-order valence-corrected chi connectivity index (χ4v) is 3.15. The molecule has 0 atom stereocenters. The van der Waals surface area contributed by atoms with E-state index in [2.05, 4.69) is 5.32 Å². The van der Waals surface area contributed by atoms with Gasteiger partial charge < -0.3 is 15.8 Å². The van der Waals surface area contributed by atoms with Gasteiger partial charge in [0.15, 0.2) is 12.4 Å². The number of nitrogens with two attached hydrogens (primary N) is 1. The van der Waals surface area contributed by atoms with Crippen LogP contribution in [0.15, 0.2) is 42.5 Å². The third kappa shape index (κ3) is 4.94. The summed E-state index contributed by atoms with van der Waals surface area (Å²) >= 11 is 0. The summed E-state index contributed by atoms with van der Waals surface area (Å²) in [4.78, 5) is 35.2. The van der Waals surface area contributed by atoms with Crippen molar-refractivity contribution in [2.75, 3.05) is 6.61 Å². The number of esters is 1. The van der Waals surface area contributed by atoms with Crippen LogP contribution in [0.1, 0.15) is 50.2 Å². The van der Waals surface area contributed by atoms with E-state index < -0.39 is 12.0 Å². The predicted octanol–water partition coefficient (Wildman–Crippen LogP) is 2.77. The first-order valence-electron chi connectivity index (χ1n) is 8.97. The van der Waals surface area contributed by atoms with Crippen molar-refractivity contribution >= 4 is 17.8 Å². The molecule has 6 heteroatoms. The fraction of sp³-hybridized carbons (Fsp3) is 0.286. The highest BCUT2D eigenvalue weighted by Crippen LogP contribution is 2.22. The molecule has 27 heavy (non-hydrogen) atoms. The smallest absolute Gasteiger partial charge is 0.338 e. The predicted molar refractivity (Wildman–Crippen MR) is 101 cm³/mol. The molecular weight excluding hydrogens is 344 g/mol. The summed E-state index contributed by atoms with van der Waals surface area (Å²) in [6, 6.07) is 11.7. The second-order valence-corrected chi connectivity index (χ2v) is 6.60. The summed E-state index contributed by atoms with van der Waals surface area (Å²) in [5.41, 5.74) is 9.27. The van der Waals surface area contributed by atoms with Gasteiger partial charge in [-0.2, -0.15) is 0 Å². The molecule has 0 saturated heterocycles. The largest absolute Gasteiger partial charge is 0.454 e. The number of hydrogen-bond acceptors (Lipinski definition) is 4. The van der Waals surface area contributed by atoms with Crippen LogP contribution < -0.4 is 11.1 Å². The van der Waals surface area contributed by atoms with Gasteiger partial charge in [0.1, 0.15) is 0 Å². The summed E-state index contributed by atoms with van der Waals surface area (Å²) in [6.45, 7) is -0.00984. The zero-order valence-corrected chi connectivity index (χ0v) is 15.0. The summed E-state index contributed by atoms with van der Waals surface area (Å²) in [6.07, 6.45) is 4.39. The van der Waals surface area contributed by atoms with Gasteiger partial charge in [0, 0.05) is 12.1 Å². The Bertz CT molecular complexity index is 859. The topological polar surface area (TPSA) is 98.5 Å². The summed E-state index contributed by atoms with van der Waals surface area (Å²) in [7, 11) is 0. The molecule has 1 aliphatic carbocycles. The minimum Gasteiger partial charge on any atom is -0.454 e. The van der Waals surface area contributed by atoms with E-state index in [0.29, 0.717) is 11.1 Å². The summed E-state index contributed by atoms with van der Waals surface area (Å²) < 4.78 is 5.15. The van der Waals surface area contributed by atoms with Gasteiger partial charge in [0.2, 0.25) is 0 Å². The molecule has 3 N–H and O–H groups in total. The van der Waals surface area contributed by atoms with Crippen molar-refractivity contribution in [3.05, 3.63) is 70.3 Å². The van der Waals surface area contributed by atoms with Crippen LogP contribution in [0.2, 0.25) is 0 Å². The molecule has 0 saturated carbocycles. The van der Waals surface area contributed by atoms with Crippen LogP contribution in [0.5, 0.6) is 0 Å². The highest BCUT2D eigenvalue weighted by molar-refractivity contribution is 5.99. The lowest BCUT2D eigenvalue weighted by Crippen LogP contribution is -2.28. The quantitative estimate of drug-likeness (QED) is 0.607. The highest BCUT2D eigenvalue weighted by Gasteiger charge is 2.15. The molecular formula is C21H22N2O4. The average molecular weight is 366 g/mol. The van der Waals surface area contributed by atoms with Gasteiger partial charge in [-0.3, -0.25) is 4.79 Å². The molecule has 0 unspecified atom stereocenters. The Kier molecular flexibility index (Phi) is 5.86. The second kappa shape index (κ2) is 8.49. The standard InChI is InChI=1S/C21H22N2O4/c22-21(26)23-12-14-5-7-16(8-6-14)20(25)27-13-19(24)18-10-9-15-3-1-2-4-17(15)11-18/h5-11H,1-4,12-13H2,(H3,22,23,26). The van der Waals surface area contributed by atoms with Crippen molar-refractivity contribution in [3.8, 4) is 0 Å². The van der Waals surface area contributed by atoms with Crippen molar-refractivity contribution < 1.29 is 19.1 Å². The molecule has 0 aliphatic heterocycles. The Morgan fingerprint density at radius 1 is 0.926 bits per heavy atom. The van der Waals surface area contributed by atoms with Gasteiger partial charge in [-0.15, -0.1) is 0 Å². The monoisotopic (exact) mass is 366 g/mol. The molecule has 140 valence electrons. The minimum atomic E-state index is -0.612. The number of urea groups is 1. The Morgan fingerprint density at radius 2 is 1.59 bits per heavy atom. The Morgan fingerprint density at radius 3 is 2.30 bits per heavy atom. The van der Waals surface area contributed by atoms with Gasteiger partial charge in [0.25, 0.3) is 0 Å². The molecule has 3 rings (SSSR count). The number of nitrogens with one attached hydrogen (secondary N) is 1. The molecule has 0 bridgehead atoms. The number of hydrogen-bond donors (Lipinski definition) is 2. The van der Waals surface area contributed by atoms with Crippen LogP contribution in [0.3, 0.4) is 0 Å². The molecule has 0 radical (unpaired) electrons. The highest BCUT2D eigenvalue weighted by atomic mass is 16.5. The Labute approximate surface area is 157 Å². The molecule has 0 heterocycles. The lowest BCUT2D eigenvalue weighted by molar-refractivity contribution is 0.0474. The maximum absolute atomic E-state index is 12.3. The normalized spacial score (nSPS) is 12.7. The van der Waals surface area contributed by atoms with Crippen LogP contribution >= 0.6 is 0 Å². The minimum absolute atomic E-state index is 0.209. The van der Waals surface area contributed by atoms with Gasteiger partial charge in [-0.1, -0.05) is 24.3 Å². The van der Waals surface area contributed by atoms with Crippen molar-refractivity contribution in [1.82, 2.24) is 5.32 Å². The maximum Gasteiger partial charge on any atom is 0.338 e. The van der Waals surface area contributed by atoms with E-state index in [0.717, 1.165) is 24.8 Å². The van der Waals surface area contributed by atoms with Crippen molar-refractivity contribution in [1.29, 1.82) is 0 Å². The molecule has 1 aliphatic rings. The number of ether oxygens (including phenoxy) is 1. The lowest BCUT2D eigenvalue weighted by atomic mass is 9.90. The van der Waals surface area contributed by atoms with E-state index in [4.69, 9.17) is 10.5 Å². The number of ketones is 1. The van der Waals surface area contributed by atoms with Crippen LogP contribution in [-0.4, -0.2) is 24.4 Å². The van der Waals surface area contributed by atoms with Crippen molar-refractivity contribution in [3.63, 3.8) is 0 Å². The number of aryl methyl sites for hydroxylation is 2. The number of fused-ring (bicyclic) bond motifs is 1. The molecule has 0 spiro atoms. The molecule has 2 aromatic rings. The zero-order valence-electron chi connectivity index (χ0n) is 15.0. The van der Waals surface area contributed by atoms with E-state index in [1.807, 2.05) is 12.1 Å². The lowest BCUT2D eigenvalue weighted by Gasteiger charge is -2.16. The van der Waals surface area contributed by atoms with E-state index in [1.165, 1.54) is 17.5 Å². The van der Waals surface area contributed by atoms with Crippen molar-refractivity contribution in [2.24, 2.45) is 5.73 Å². The summed E-state index contributed by atoms with van der Waals surface area (Å²) in [5.74, 6) is -0.769. The first-order valence-corrected chi connectivity index (χ1v) is 8.97. The Balaban J connectivity index is 1.55. The number of benzene rings is 2. The SMILES string of the molecule is NC(=O)NCc1ccc(C(=O)OCC(=O)c2ccc3c(c2)CCCC3)cc1. The maximum atomic E-state index is 12.3. The molecule has 6 nitrogen and oxygen atoms in total. The van der Waals surface area contributed by atoms with Crippen LogP contribution in [0.4, 0.5) is 4.79 Å². The van der Waals surface area contributed by atoms with Gasteiger partial charge in [-0.05, 0) is 60.6 Å². The number of primary amides is 1. The third-order valence-corrected chi connectivity index (χ3v) is 4.66. The summed E-state index contributed by atoms with van der Waals surface area (Å²) in [5, 5.41) is 2.47. The first kappa shape index (κ1) is 18.6. The number of carbonyl (C=O) groups is 3. The van der Waals surface area contributed by atoms with Gasteiger partial charge >= 0.3 is 12.0 Å². The number of amides is 2. The third-order valence-electron chi connectivity index (χ3n) is 4.66. The van der Waals surface area contributed by atoms with Gasteiger partial charge in [-0.25, -0.2) is 9.59 Å². The van der Waals surface area contributed by atoms with E-state index in [1.54, 1.807) is 30.3 Å². The van der Waals surface area contributed by atoms with Crippen LogP contribution in [0, 0.1) is 0 Å².